The Morgan fingerprint density at radius 1 is 1.23 bits per heavy atom. The van der Waals surface area contributed by atoms with Gasteiger partial charge < -0.3 is 14.6 Å². The molecule has 0 saturated heterocycles. The number of carboxylic acid groups (broad SMARTS) is 1. The molecule has 0 aliphatic carbocycles. The minimum atomic E-state index is -4.83. The standard InChI is InChI=1S/C13H17F3O6/c1-8(22-11(19)6-5-10(17)18)4-3-7-21-12(20)9(2)13(14,15)16/h8H,2-7H2,1H3,(H,17,18). The molecule has 0 bridgehead atoms. The molecule has 9 heteroatoms. The molecule has 0 aromatic carbocycles. The molecule has 1 atom stereocenters. The minimum Gasteiger partial charge on any atom is -0.481 e. The zero-order chi connectivity index (χ0) is 17.3. The lowest BCUT2D eigenvalue weighted by atomic mass is 10.2. The number of halogens is 3. The summed E-state index contributed by atoms with van der Waals surface area (Å²) in [6.07, 6.45) is -5.56. The molecule has 0 aliphatic rings. The van der Waals surface area contributed by atoms with Crippen LogP contribution in [0.3, 0.4) is 0 Å². The average Bonchev–Trinajstić information content (AvgIpc) is 2.39. The summed E-state index contributed by atoms with van der Waals surface area (Å²) < 4.78 is 45.6. The third-order valence-corrected chi connectivity index (χ3v) is 2.45. The third-order valence-electron chi connectivity index (χ3n) is 2.45. The second-order valence-corrected chi connectivity index (χ2v) is 4.45. The molecule has 22 heavy (non-hydrogen) atoms. The Morgan fingerprint density at radius 3 is 2.32 bits per heavy atom. The van der Waals surface area contributed by atoms with Gasteiger partial charge in [0.1, 0.15) is 5.57 Å². The van der Waals surface area contributed by atoms with Gasteiger partial charge in [-0.25, -0.2) is 4.79 Å². The van der Waals surface area contributed by atoms with E-state index in [1.54, 1.807) is 0 Å². The summed E-state index contributed by atoms with van der Waals surface area (Å²) in [4.78, 5) is 32.4. The molecule has 0 radical (unpaired) electrons. The number of alkyl halides is 3. The largest absolute Gasteiger partial charge is 0.481 e. The van der Waals surface area contributed by atoms with Crippen LogP contribution in [0.15, 0.2) is 12.2 Å². The highest BCUT2D eigenvalue weighted by molar-refractivity contribution is 5.89. The second-order valence-electron chi connectivity index (χ2n) is 4.45. The predicted molar refractivity (Wildman–Crippen MR) is 67.8 cm³/mol. The molecule has 0 heterocycles. The summed E-state index contributed by atoms with van der Waals surface area (Å²) in [6, 6.07) is 0. The number of hydrogen-bond acceptors (Lipinski definition) is 5. The number of carbonyl (C=O) groups is 3. The van der Waals surface area contributed by atoms with E-state index in [1.807, 2.05) is 0 Å². The molecule has 6 nitrogen and oxygen atoms in total. The van der Waals surface area contributed by atoms with Crippen molar-refractivity contribution in [2.75, 3.05) is 6.61 Å². The van der Waals surface area contributed by atoms with Crippen molar-refractivity contribution < 1.29 is 42.1 Å². The first-order valence-corrected chi connectivity index (χ1v) is 6.38. The second kappa shape index (κ2) is 9.06. The maximum absolute atomic E-state index is 12.1. The summed E-state index contributed by atoms with van der Waals surface area (Å²) >= 11 is 0. The fourth-order valence-corrected chi connectivity index (χ4v) is 1.29. The monoisotopic (exact) mass is 326 g/mol. The van der Waals surface area contributed by atoms with Crippen LogP contribution >= 0.6 is 0 Å². The normalized spacial score (nSPS) is 12.4. The maximum Gasteiger partial charge on any atom is 0.422 e. The van der Waals surface area contributed by atoms with Crippen molar-refractivity contribution >= 4 is 17.9 Å². The van der Waals surface area contributed by atoms with Crippen molar-refractivity contribution in [3.8, 4) is 0 Å². The van der Waals surface area contributed by atoms with E-state index in [2.05, 4.69) is 11.3 Å². The molecule has 0 aromatic rings. The van der Waals surface area contributed by atoms with Crippen LogP contribution in [-0.4, -0.2) is 41.9 Å². The maximum atomic E-state index is 12.1. The van der Waals surface area contributed by atoms with Crippen LogP contribution in [-0.2, 0) is 23.9 Å². The molecule has 0 aliphatic heterocycles. The van der Waals surface area contributed by atoms with E-state index >= 15 is 0 Å². The van der Waals surface area contributed by atoms with Gasteiger partial charge in [0.05, 0.1) is 25.6 Å². The number of hydrogen-bond donors (Lipinski definition) is 1. The third kappa shape index (κ3) is 8.98. The van der Waals surface area contributed by atoms with Gasteiger partial charge in [0.2, 0.25) is 0 Å². The van der Waals surface area contributed by atoms with E-state index in [4.69, 9.17) is 9.84 Å². The van der Waals surface area contributed by atoms with Gasteiger partial charge >= 0.3 is 24.1 Å². The molecule has 1 N–H and O–H groups in total. The topological polar surface area (TPSA) is 89.9 Å². The van der Waals surface area contributed by atoms with Crippen molar-refractivity contribution in [2.45, 2.75) is 44.9 Å². The first-order chi connectivity index (χ1) is 10.0. The van der Waals surface area contributed by atoms with E-state index in [0.29, 0.717) is 0 Å². The molecular weight excluding hydrogens is 309 g/mol. The molecule has 126 valence electrons. The van der Waals surface area contributed by atoms with Gasteiger partial charge in [0.15, 0.2) is 0 Å². The van der Waals surface area contributed by atoms with Crippen molar-refractivity contribution in [2.24, 2.45) is 0 Å². The van der Waals surface area contributed by atoms with Crippen molar-refractivity contribution in [3.05, 3.63) is 12.2 Å². The van der Waals surface area contributed by atoms with E-state index in [9.17, 15) is 27.6 Å². The predicted octanol–water partition coefficient (Wildman–Crippen LogP) is 2.22. The Kier molecular flexibility index (Phi) is 8.21. The number of ether oxygens (including phenoxy) is 2. The lowest BCUT2D eigenvalue weighted by molar-refractivity contribution is -0.153. The smallest absolute Gasteiger partial charge is 0.422 e. The number of rotatable bonds is 9. The highest BCUT2D eigenvalue weighted by Crippen LogP contribution is 2.24. The SMILES string of the molecule is C=C(C(=O)OCCCC(C)OC(=O)CCC(=O)O)C(F)(F)F. The molecule has 1 unspecified atom stereocenters. The summed E-state index contributed by atoms with van der Waals surface area (Å²) in [6.45, 7) is 3.86. The van der Waals surface area contributed by atoms with E-state index in [-0.39, 0.29) is 32.3 Å². The van der Waals surface area contributed by atoms with Gasteiger partial charge in [-0.1, -0.05) is 6.58 Å². The molecule has 0 rings (SSSR count). The Bertz CT molecular complexity index is 430. The molecule has 0 amide bonds. The van der Waals surface area contributed by atoms with Crippen LogP contribution in [0.1, 0.15) is 32.6 Å². The van der Waals surface area contributed by atoms with Crippen molar-refractivity contribution in [3.63, 3.8) is 0 Å². The highest BCUT2D eigenvalue weighted by atomic mass is 19.4. The zero-order valence-corrected chi connectivity index (χ0v) is 11.9. The number of aliphatic carboxylic acids is 1. The fourth-order valence-electron chi connectivity index (χ4n) is 1.29. The van der Waals surface area contributed by atoms with Crippen molar-refractivity contribution in [1.29, 1.82) is 0 Å². The zero-order valence-electron chi connectivity index (χ0n) is 11.9. The van der Waals surface area contributed by atoms with Gasteiger partial charge in [-0.05, 0) is 19.8 Å². The van der Waals surface area contributed by atoms with Crippen LogP contribution in [0.4, 0.5) is 13.2 Å². The highest BCUT2D eigenvalue weighted by Gasteiger charge is 2.37. The molecule has 0 saturated carbocycles. The van der Waals surface area contributed by atoms with Crippen LogP contribution in [0.2, 0.25) is 0 Å². The van der Waals surface area contributed by atoms with Gasteiger partial charge in [0, 0.05) is 0 Å². The van der Waals surface area contributed by atoms with Crippen LogP contribution in [0.25, 0.3) is 0 Å². The Morgan fingerprint density at radius 2 is 1.82 bits per heavy atom. The first-order valence-electron chi connectivity index (χ1n) is 6.38. The Labute approximate surface area is 124 Å². The van der Waals surface area contributed by atoms with E-state index in [1.165, 1.54) is 6.92 Å². The molecule has 0 aromatic heterocycles. The van der Waals surface area contributed by atoms with E-state index < -0.39 is 35.8 Å². The van der Waals surface area contributed by atoms with Gasteiger partial charge in [-0.2, -0.15) is 13.2 Å². The summed E-state index contributed by atoms with van der Waals surface area (Å²) in [5.74, 6) is -3.35. The van der Waals surface area contributed by atoms with Crippen LogP contribution in [0.5, 0.6) is 0 Å². The lowest BCUT2D eigenvalue weighted by Crippen LogP contribution is -2.22. The van der Waals surface area contributed by atoms with Crippen molar-refractivity contribution in [1.82, 2.24) is 0 Å². The average molecular weight is 326 g/mol. The van der Waals surface area contributed by atoms with Gasteiger partial charge in [-0.15, -0.1) is 0 Å². The van der Waals surface area contributed by atoms with E-state index in [0.717, 1.165) is 0 Å². The van der Waals surface area contributed by atoms with Crippen LogP contribution in [0, 0.1) is 0 Å². The number of carbonyl (C=O) groups excluding carboxylic acids is 2. The molecule has 0 spiro atoms. The first kappa shape index (κ1) is 19.9. The molecular formula is C13H17F3O6. The fraction of sp³-hybridized carbons (Fsp3) is 0.615. The minimum absolute atomic E-state index is 0.185. The quantitative estimate of drug-likeness (QED) is 0.397. The lowest BCUT2D eigenvalue weighted by Gasteiger charge is -2.13. The summed E-state index contributed by atoms with van der Waals surface area (Å²) in [5, 5.41) is 8.38. The van der Waals surface area contributed by atoms with Crippen LogP contribution < -0.4 is 0 Å². The summed E-state index contributed by atoms with van der Waals surface area (Å²) in [7, 11) is 0. The van der Waals surface area contributed by atoms with Gasteiger partial charge in [0.25, 0.3) is 0 Å². The number of carboxylic acids is 1. The number of esters is 2. The summed E-state index contributed by atoms with van der Waals surface area (Å²) in [5.41, 5.74) is -1.58. The Balaban J connectivity index is 3.87. The molecule has 0 fully saturated rings. The Hall–Kier alpha value is -2.06. The van der Waals surface area contributed by atoms with Gasteiger partial charge in [-0.3, -0.25) is 9.59 Å².